The van der Waals surface area contributed by atoms with Crippen LogP contribution in [0.15, 0.2) is 17.3 Å². The molecule has 0 fully saturated rings. The molecule has 1 N–H and O–H groups in total. The van der Waals surface area contributed by atoms with Crippen LogP contribution in [0.1, 0.15) is 26.3 Å². The lowest BCUT2D eigenvalue weighted by Crippen LogP contribution is -2.31. The Hall–Kier alpha value is -3.62. The monoisotopic (exact) mass is 399 g/mol. The van der Waals surface area contributed by atoms with Crippen LogP contribution in [-0.4, -0.2) is 60.3 Å². The fourth-order valence-corrected chi connectivity index (χ4v) is 2.91. The second-order valence-corrected chi connectivity index (χ2v) is 6.59. The molecule has 1 rings (SSSR count). The van der Waals surface area contributed by atoms with Gasteiger partial charge in [-0.1, -0.05) is 11.8 Å². The van der Waals surface area contributed by atoms with Gasteiger partial charge in [0.15, 0.2) is 12.4 Å². The molecular formula is C17H17N7O3S. The Labute approximate surface area is 166 Å². The number of nitriles is 3. The van der Waals surface area contributed by atoms with Crippen molar-refractivity contribution < 1.29 is 9.59 Å². The second kappa shape index (κ2) is 11.2. The van der Waals surface area contributed by atoms with Crippen molar-refractivity contribution in [3.63, 3.8) is 0 Å². The van der Waals surface area contributed by atoms with Crippen LogP contribution < -0.4 is 5.32 Å². The van der Waals surface area contributed by atoms with Crippen LogP contribution in [0.3, 0.4) is 0 Å². The summed E-state index contributed by atoms with van der Waals surface area (Å²) in [6.45, 7) is 0.757. The van der Waals surface area contributed by atoms with Crippen molar-refractivity contribution in [3.8, 4) is 18.5 Å². The summed E-state index contributed by atoms with van der Waals surface area (Å²) in [4.78, 5) is 38.6. The van der Waals surface area contributed by atoms with Crippen molar-refractivity contribution in [3.05, 3.63) is 33.7 Å². The molecule has 1 amide bonds. The minimum Gasteiger partial charge on any atom is -0.350 e. The first-order valence-electron chi connectivity index (χ1n) is 7.97. The molecule has 0 aliphatic carbocycles. The standard InChI is InChI=1S/C17H17N7O3S/c1-23(10-19)6-5-21-16(25)12-3-4-13(15(22-27)14(12)9-18)17(26)28-8-7-24(2)11-20/h3-4H,5-8H2,1-2H3,(H,21,25). The highest BCUT2D eigenvalue weighted by molar-refractivity contribution is 8.14. The van der Waals surface area contributed by atoms with Crippen LogP contribution in [0.25, 0.3) is 0 Å². The van der Waals surface area contributed by atoms with Crippen LogP contribution in [0.4, 0.5) is 5.69 Å². The van der Waals surface area contributed by atoms with Crippen LogP contribution in [0, 0.1) is 39.1 Å². The first kappa shape index (κ1) is 22.4. The summed E-state index contributed by atoms with van der Waals surface area (Å²) in [5.41, 5.74) is -0.837. The maximum absolute atomic E-state index is 12.3. The molecule has 0 radical (unpaired) electrons. The molecule has 1 aromatic rings. The molecule has 0 bridgehead atoms. The number of nitrogens with one attached hydrogen (secondary N) is 1. The lowest BCUT2D eigenvalue weighted by Gasteiger charge is -2.12. The highest BCUT2D eigenvalue weighted by atomic mass is 32.2. The van der Waals surface area contributed by atoms with E-state index in [1.165, 1.54) is 21.9 Å². The molecule has 10 nitrogen and oxygen atoms in total. The number of likely N-dealkylation sites (N-methyl/N-ethyl adjacent to an activating group) is 1. The van der Waals surface area contributed by atoms with Gasteiger partial charge < -0.3 is 15.1 Å². The summed E-state index contributed by atoms with van der Waals surface area (Å²) >= 11 is 0.879. The number of hydrogen-bond donors (Lipinski definition) is 1. The van der Waals surface area contributed by atoms with Gasteiger partial charge >= 0.3 is 0 Å². The molecule has 0 aliphatic heterocycles. The number of carbonyl (C=O) groups excluding carboxylic acids is 2. The fourth-order valence-electron chi connectivity index (χ4n) is 2.04. The average Bonchev–Trinajstić information content (AvgIpc) is 2.71. The quantitative estimate of drug-likeness (QED) is 0.368. The number of rotatable bonds is 9. The van der Waals surface area contributed by atoms with Crippen molar-refractivity contribution in [1.29, 1.82) is 15.8 Å². The smallest absolute Gasteiger partial charge is 0.252 e. The Balaban J connectivity index is 3.00. The summed E-state index contributed by atoms with van der Waals surface area (Å²) in [7, 11) is 3.12. The first-order chi connectivity index (χ1) is 13.4. The third-order valence-corrected chi connectivity index (χ3v) is 4.45. The Bertz CT molecular complexity index is 882. The summed E-state index contributed by atoms with van der Waals surface area (Å²) in [6, 6.07) is 4.31. The maximum atomic E-state index is 12.3. The minimum atomic E-state index is -0.616. The number of hydrogen-bond acceptors (Lipinski definition) is 10. The van der Waals surface area contributed by atoms with Crippen molar-refractivity contribution in [2.75, 3.05) is 39.5 Å². The van der Waals surface area contributed by atoms with Gasteiger partial charge in [0.1, 0.15) is 11.8 Å². The third kappa shape index (κ3) is 5.97. The molecule has 144 valence electrons. The van der Waals surface area contributed by atoms with Crippen LogP contribution in [-0.2, 0) is 0 Å². The summed E-state index contributed by atoms with van der Waals surface area (Å²) < 4.78 is 0. The Morgan fingerprint density at radius 1 is 1.11 bits per heavy atom. The van der Waals surface area contributed by atoms with E-state index in [1.807, 2.05) is 12.4 Å². The minimum absolute atomic E-state index is 0.0723. The topological polar surface area (TPSA) is 153 Å². The molecule has 0 heterocycles. The van der Waals surface area contributed by atoms with Crippen LogP contribution in [0.5, 0.6) is 0 Å². The van der Waals surface area contributed by atoms with Crippen molar-refractivity contribution in [1.82, 2.24) is 15.1 Å². The predicted octanol–water partition coefficient (Wildman–Crippen LogP) is 1.39. The summed E-state index contributed by atoms with van der Waals surface area (Å²) in [5, 5.41) is 31.6. The molecule has 0 aromatic heterocycles. The van der Waals surface area contributed by atoms with Crippen LogP contribution >= 0.6 is 11.8 Å². The van der Waals surface area contributed by atoms with Crippen molar-refractivity contribution in [2.24, 2.45) is 5.18 Å². The molecule has 0 atom stereocenters. The zero-order valence-corrected chi connectivity index (χ0v) is 16.1. The van der Waals surface area contributed by atoms with E-state index in [0.717, 1.165) is 11.8 Å². The second-order valence-electron chi connectivity index (χ2n) is 5.52. The molecular weight excluding hydrogens is 382 g/mol. The number of benzene rings is 1. The molecule has 28 heavy (non-hydrogen) atoms. The van der Waals surface area contributed by atoms with Gasteiger partial charge in [-0.25, -0.2) is 0 Å². The molecule has 0 unspecified atom stereocenters. The third-order valence-electron chi connectivity index (χ3n) is 3.58. The van der Waals surface area contributed by atoms with E-state index in [4.69, 9.17) is 10.5 Å². The van der Waals surface area contributed by atoms with E-state index >= 15 is 0 Å². The molecule has 1 aromatic carbocycles. The Morgan fingerprint density at radius 2 is 1.71 bits per heavy atom. The molecule has 11 heteroatoms. The van der Waals surface area contributed by atoms with E-state index in [0.29, 0.717) is 12.3 Å². The van der Waals surface area contributed by atoms with Crippen molar-refractivity contribution >= 4 is 28.5 Å². The zero-order chi connectivity index (χ0) is 21.1. The van der Waals surface area contributed by atoms with E-state index < -0.39 is 16.7 Å². The number of carbonyl (C=O) groups is 2. The van der Waals surface area contributed by atoms with Gasteiger partial charge in [-0.05, 0) is 17.3 Å². The van der Waals surface area contributed by atoms with E-state index in [2.05, 4.69) is 10.5 Å². The summed E-state index contributed by atoms with van der Waals surface area (Å²) in [6.07, 6.45) is 3.78. The maximum Gasteiger partial charge on any atom is 0.252 e. The largest absolute Gasteiger partial charge is 0.350 e. The van der Waals surface area contributed by atoms with Gasteiger partial charge in [-0.15, -0.1) is 4.91 Å². The highest BCUT2D eigenvalue weighted by Gasteiger charge is 2.22. The SMILES string of the molecule is CN(C#N)CCNC(=O)c1ccc(C(=O)SCCN(C)C#N)c(N=O)c1C#N. The zero-order valence-electron chi connectivity index (χ0n) is 15.3. The van der Waals surface area contributed by atoms with Crippen LogP contribution in [0.2, 0.25) is 0 Å². The molecule has 0 saturated heterocycles. The van der Waals surface area contributed by atoms with E-state index in [1.54, 1.807) is 20.2 Å². The number of nitrogens with zero attached hydrogens (tertiary/aromatic N) is 6. The van der Waals surface area contributed by atoms with Gasteiger partial charge in [0.2, 0.25) is 5.12 Å². The number of amides is 1. The average molecular weight is 399 g/mol. The molecule has 0 aliphatic rings. The lowest BCUT2D eigenvalue weighted by atomic mass is 10.0. The van der Waals surface area contributed by atoms with E-state index in [-0.39, 0.29) is 29.8 Å². The number of nitroso groups, excluding NO2 is 1. The fraction of sp³-hybridized carbons (Fsp3) is 0.353. The van der Waals surface area contributed by atoms with Gasteiger partial charge in [0.25, 0.3) is 5.91 Å². The lowest BCUT2D eigenvalue weighted by molar-refractivity contribution is 0.0950. The Kier molecular flexibility index (Phi) is 8.94. The van der Waals surface area contributed by atoms with Gasteiger partial charge in [0, 0.05) is 39.5 Å². The Morgan fingerprint density at radius 3 is 2.29 bits per heavy atom. The van der Waals surface area contributed by atoms with Gasteiger partial charge in [-0.3, -0.25) is 9.59 Å². The van der Waals surface area contributed by atoms with E-state index in [9.17, 15) is 19.8 Å². The summed E-state index contributed by atoms with van der Waals surface area (Å²) in [5.74, 6) is -0.312. The molecule has 0 spiro atoms. The normalized spacial score (nSPS) is 9.39. The van der Waals surface area contributed by atoms with Gasteiger partial charge in [0.05, 0.1) is 16.7 Å². The van der Waals surface area contributed by atoms with Crippen molar-refractivity contribution in [2.45, 2.75) is 0 Å². The number of thioether (sulfide) groups is 1. The van der Waals surface area contributed by atoms with Gasteiger partial charge in [-0.2, -0.15) is 15.8 Å². The highest BCUT2D eigenvalue weighted by Crippen LogP contribution is 2.30. The molecule has 0 saturated carbocycles. The predicted molar refractivity (Wildman–Crippen MR) is 102 cm³/mol. The first-order valence-corrected chi connectivity index (χ1v) is 8.95.